The van der Waals surface area contributed by atoms with Crippen molar-refractivity contribution in [3.63, 3.8) is 0 Å². The van der Waals surface area contributed by atoms with Gasteiger partial charge in [0.2, 0.25) is 5.91 Å². The molecule has 0 spiro atoms. The second-order valence-electron chi connectivity index (χ2n) is 5.49. The fourth-order valence-corrected chi connectivity index (χ4v) is 4.03. The molecule has 0 aliphatic carbocycles. The molecular weight excluding hydrogens is 356 g/mol. The summed E-state index contributed by atoms with van der Waals surface area (Å²) in [5.74, 6) is -0.714. The van der Waals surface area contributed by atoms with Crippen LogP contribution >= 0.6 is 0 Å². The Balaban J connectivity index is 1.69. The maximum Gasteiger partial charge on any atom is 0.269 e. The van der Waals surface area contributed by atoms with E-state index in [0.29, 0.717) is 22.3 Å². The van der Waals surface area contributed by atoms with Gasteiger partial charge in [-0.05, 0) is 36.4 Å². The first kappa shape index (κ1) is 17.7. The Kier molecular flexibility index (Phi) is 4.77. The van der Waals surface area contributed by atoms with E-state index in [-0.39, 0.29) is 10.5 Å². The molecule has 2 aromatic carbocycles. The summed E-state index contributed by atoms with van der Waals surface area (Å²) in [5, 5.41) is 2.56. The zero-order valence-electron chi connectivity index (χ0n) is 13.7. The molecule has 8 heteroatoms. The van der Waals surface area contributed by atoms with E-state index in [2.05, 4.69) is 11.9 Å². The van der Waals surface area contributed by atoms with Crippen LogP contribution in [0.3, 0.4) is 0 Å². The molecule has 0 radical (unpaired) electrons. The molecule has 134 valence electrons. The number of hydrogen-bond donors (Lipinski definition) is 1. The van der Waals surface area contributed by atoms with Gasteiger partial charge < -0.3 is 10.1 Å². The maximum atomic E-state index is 12.4. The zero-order valence-corrected chi connectivity index (χ0v) is 14.5. The number of rotatable bonds is 6. The van der Waals surface area contributed by atoms with Crippen LogP contribution < -0.4 is 10.1 Å². The van der Waals surface area contributed by atoms with Gasteiger partial charge in [0.1, 0.15) is 23.8 Å². The number of ether oxygens (including phenoxy) is 1. The summed E-state index contributed by atoms with van der Waals surface area (Å²) in [6.07, 6.45) is 1.61. The van der Waals surface area contributed by atoms with Crippen LogP contribution in [-0.4, -0.2) is 37.7 Å². The third-order valence-electron chi connectivity index (χ3n) is 3.71. The van der Waals surface area contributed by atoms with E-state index < -0.39 is 28.4 Å². The van der Waals surface area contributed by atoms with Gasteiger partial charge in [0.05, 0.1) is 5.56 Å². The number of carbonyl (C=O) groups excluding carboxylic acids is 2. The molecular formula is C18H16N2O5S. The van der Waals surface area contributed by atoms with E-state index in [1.807, 2.05) is 0 Å². The first-order chi connectivity index (χ1) is 12.4. The second-order valence-corrected chi connectivity index (χ2v) is 7.32. The van der Waals surface area contributed by atoms with Crippen molar-refractivity contribution in [1.82, 2.24) is 4.31 Å². The topological polar surface area (TPSA) is 92.8 Å². The average Bonchev–Trinajstić information content (AvgIpc) is 2.82. The summed E-state index contributed by atoms with van der Waals surface area (Å²) >= 11 is 0. The molecule has 7 nitrogen and oxygen atoms in total. The highest BCUT2D eigenvalue weighted by Crippen LogP contribution is 2.29. The Bertz CT molecular complexity index is 967. The molecule has 1 heterocycles. The lowest BCUT2D eigenvalue weighted by atomic mass is 10.2. The number of nitrogens with zero attached hydrogens (tertiary/aromatic N) is 1. The van der Waals surface area contributed by atoms with Gasteiger partial charge in [0.25, 0.3) is 15.9 Å². The summed E-state index contributed by atoms with van der Waals surface area (Å²) in [5.41, 5.74) is 0.534. The van der Waals surface area contributed by atoms with Gasteiger partial charge in [-0.2, -0.15) is 0 Å². The van der Waals surface area contributed by atoms with Crippen molar-refractivity contribution in [3.05, 3.63) is 66.7 Å². The summed E-state index contributed by atoms with van der Waals surface area (Å²) in [7, 11) is -4.01. The highest BCUT2D eigenvalue weighted by molar-refractivity contribution is 7.90. The predicted octanol–water partition coefficient (Wildman–Crippen LogP) is 2.03. The van der Waals surface area contributed by atoms with Gasteiger partial charge in [-0.3, -0.25) is 9.59 Å². The summed E-state index contributed by atoms with van der Waals surface area (Å²) in [6, 6.07) is 12.4. The number of fused-ring (bicyclic) bond motifs is 1. The third-order valence-corrected chi connectivity index (χ3v) is 5.49. The van der Waals surface area contributed by atoms with Crippen molar-refractivity contribution >= 4 is 27.5 Å². The van der Waals surface area contributed by atoms with E-state index >= 15 is 0 Å². The minimum atomic E-state index is -4.01. The van der Waals surface area contributed by atoms with Crippen molar-refractivity contribution in [2.75, 3.05) is 18.5 Å². The van der Waals surface area contributed by atoms with Gasteiger partial charge in [0.15, 0.2) is 0 Å². The molecule has 0 unspecified atom stereocenters. The summed E-state index contributed by atoms with van der Waals surface area (Å²) in [4.78, 5) is 24.4. The van der Waals surface area contributed by atoms with Crippen LogP contribution in [-0.2, 0) is 14.8 Å². The summed E-state index contributed by atoms with van der Waals surface area (Å²) in [6.45, 7) is 3.32. The lowest BCUT2D eigenvalue weighted by Crippen LogP contribution is -2.37. The number of anilines is 1. The van der Waals surface area contributed by atoms with Gasteiger partial charge in [-0.25, -0.2) is 12.7 Å². The minimum Gasteiger partial charge on any atom is -0.490 e. The van der Waals surface area contributed by atoms with Gasteiger partial charge in [0, 0.05) is 5.69 Å². The maximum absolute atomic E-state index is 12.4. The molecule has 26 heavy (non-hydrogen) atoms. The van der Waals surface area contributed by atoms with Crippen LogP contribution in [0.5, 0.6) is 5.75 Å². The lowest BCUT2D eigenvalue weighted by molar-refractivity contribution is -0.116. The van der Waals surface area contributed by atoms with Gasteiger partial charge in [-0.15, -0.1) is 0 Å². The molecule has 2 aromatic rings. The first-order valence-electron chi connectivity index (χ1n) is 7.73. The van der Waals surface area contributed by atoms with E-state index in [1.54, 1.807) is 36.4 Å². The lowest BCUT2D eigenvalue weighted by Gasteiger charge is -2.15. The fourth-order valence-electron chi connectivity index (χ4n) is 2.51. The highest BCUT2D eigenvalue weighted by Gasteiger charge is 2.41. The Morgan fingerprint density at radius 1 is 1.15 bits per heavy atom. The Labute approximate surface area is 150 Å². The Morgan fingerprint density at radius 2 is 1.85 bits per heavy atom. The smallest absolute Gasteiger partial charge is 0.269 e. The van der Waals surface area contributed by atoms with Crippen molar-refractivity contribution in [3.8, 4) is 5.75 Å². The molecule has 0 saturated heterocycles. The van der Waals surface area contributed by atoms with Gasteiger partial charge in [-0.1, -0.05) is 24.8 Å². The zero-order chi connectivity index (χ0) is 18.7. The predicted molar refractivity (Wildman–Crippen MR) is 95.4 cm³/mol. The van der Waals surface area contributed by atoms with Crippen molar-refractivity contribution < 1.29 is 22.7 Å². The SMILES string of the molecule is C=CCOc1ccc(NC(=O)CN2C(=O)c3ccccc3S2(=O)=O)cc1. The number of nitrogens with one attached hydrogen (secondary N) is 1. The molecule has 0 bridgehead atoms. The normalized spacial score (nSPS) is 14.6. The van der Waals surface area contributed by atoms with Crippen LogP contribution in [0.4, 0.5) is 5.69 Å². The minimum absolute atomic E-state index is 0.0732. The number of hydrogen-bond acceptors (Lipinski definition) is 5. The first-order valence-corrected chi connectivity index (χ1v) is 9.17. The molecule has 3 rings (SSSR count). The van der Waals surface area contributed by atoms with Gasteiger partial charge >= 0.3 is 0 Å². The number of sulfonamides is 1. The summed E-state index contributed by atoms with van der Waals surface area (Å²) < 4.78 is 30.8. The van der Waals surface area contributed by atoms with E-state index in [1.165, 1.54) is 18.2 Å². The largest absolute Gasteiger partial charge is 0.490 e. The van der Waals surface area contributed by atoms with E-state index in [4.69, 9.17) is 4.74 Å². The molecule has 0 fully saturated rings. The molecule has 0 aromatic heterocycles. The van der Waals surface area contributed by atoms with Crippen molar-refractivity contribution in [2.24, 2.45) is 0 Å². The molecule has 0 saturated carbocycles. The van der Waals surface area contributed by atoms with Crippen LogP contribution in [0, 0.1) is 0 Å². The molecule has 0 atom stereocenters. The molecule has 2 amide bonds. The quantitative estimate of drug-likeness (QED) is 0.784. The van der Waals surface area contributed by atoms with Crippen molar-refractivity contribution in [2.45, 2.75) is 4.90 Å². The van der Waals surface area contributed by atoms with Crippen LogP contribution in [0.1, 0.15) is 10.4 Å². The monoisotopic (exact) mass is 372 g/mol. The Hall–Kier alpha value is -3.13. The highest BCUT2D eigenvalue weighted by atomic mass is 32.2. The molecule has 1 aliphatic rings. The van der Waals surface area contributed by atoms with Crippen LogP contribution in [0.15, 0.2) is 66.1 Å². The fraction of sp³-hybridized carbons (Fsp3) is 0.111. The van der Waals surface area contributed by atoms with Crippen LogP contribution in [0.2, 0.25) is 0 Å². The number of carbonyl (C=O) groups is 2. The average molecular weight is 372 g/mol. The van der Waals surface area contributed by atoms with Crippen LogP contribution in [0.25, 0.3) is 0 Å². The van der Waals surface area contributed by atoms with E-state index in [0.717, 1.165) is 0 Å². The number of amides is 2. The Morgan fingerprint density at radius 3 is 2.50 bits per heavy atom. The third kappa shape index (κ3) is 3.31. The molecule has 1 N–H and O–H groups in total. The standard InChI is InChI=1S/C18H16N2O5S/c1-2-11-25-14-9-7-13(8-10-14)19-17(21)12-20-18(22)15-5-3-4-6-16(15)26(20,23)24/h2-10H,1,11-12H2,(H,19,21). The molecule has 1 aliphatic heterocycles. The second kappa shape index (κ2) is 7.01. The van der Waals surface area contributed by atoms with E-state index in [9.17, 15) is 18.0 Å². The number of benzene rings is 2. The van der Waals surface area contributed by atoms with Crippen molar-refractivity contribution in [1.29, 1.82) is 0 Å².